The Bertz CT molecular complexity index is 1580. The van der Waals surface area contributed by atoms with E-state index in [1.54, 1.807) is 11.0 Å². The van der Waals surface area contributed by atoms with Crippen LogP contribution < -0.4 is 10.1 Å². The number of nitrogens with one attached hydrogen (secondary N) is 2. The smallest absolute Gasteiger partial charge is 0.226 e. The SMILES string of the molecule is Cc1nn(-c2ncnc3nc[nH]c23)c2c1[C@@H](c1ccc(OCc3ccc(C(C)C)cc3)cc1)CC(=O)N2. The molecule has 2 aromatic carbocycles. The molecule has 186 valence electrons. The van der Waals surface area contributed by atoms with E-state index in [1.807, 2.05) is 31.2 Å². The minimum atomic E-state index is -0.130. The second kappa shape index (κ2) is 9.16. The van der Waals surface area contributed by atoms with Crippen LogP contribution in [0.5, 0.6) is 5.75 Å². The van der Waals surface area contributed by atoms with Crippen molar-refractivity contribution in [3.05, 3.63) is 89.1 Å². The van der Waals surface area contributed by atoms with Crippen molar-refractivity contribution in [2.45, 2.75) is 45.6 Å². The van der Waals surface area contributed by atoms with Gasteiger partial charge in [-0.15, -0.1) is 0 Å². The first kappa shape index (κ1) is 22.9. The van der Waals surface area contributed by atoms with Crippen molar-refractivity contribution < 1.29 is 9.53 Å². The van der Waals surface area contributed by atoms with Crippen LogP contribution in [0, 0.1) is 6.92 Å². The Balaban J connectivity index is 1.26. The van der Waals surface area contributed by atoms with Crippen LogP contribution >= 0.6 is 0 Å². The number of aromatic amines is 1. The van der Waals surface area contributed by atoms with Gasteiger partial charge in [-0.3, -0.25) is 4.79 Å². The van der Waals surface area contributed by atoms with Gasteiger partial charge in [0.2, 0.25) is 5.91 Å². The lowest BCUT2D eigenvalue weighted by Gasteiger charge is -2.24. The van der Waals surface area contributed by atoms with Crippen LogP contribution in [0.4, 0.5) is 5.82 Å². The van der Waals surface area contributed by atoms with Gasteiger partial charge in [0.15, 0.2) is 11.5 Å². The molecule has 0 fully saturated rings. The van der Waals surface area contributed by atoms with E-state index in [2.05, 4.69) is 63.4 Å². The number of anilines is 1. The van der Waals surface area contributed by atoms with Crippen LogP contribution in [0.25, 0.3) is 17.0 Å². The van der Waals surface area contributed by atoms with E-state index >= 15 is 0 Å². The Labute approximate surface area is 213 Å². The van der Waals surface area contributed by atoms with Gasteiger partial charge in [0, 0.05) is 17.9 Å². The minimum Gasteiger partial charge on any atom is -0.489 e. The number of aryl methyl sites for hydroxylation is 1. The van der Waals surface area contributed by atoms with Crippen LogP contribution in [0.15, 0.2) is 61.2 Å². The zero-order valence-electron chi connectivity index (χ0n) is 20.9. The predicted molar refractivity (Wildman–Crippen MR) is 140 cm³/mol. The summed E-state index contributed by atoms with van der Waals surface area (Å²) in [5.41, 5.74) is 6.47. The first-order valence-corrected chi connectivity index (χ1v) is 12.3. The summed E-state index contributed by atoms with van der Waals surface area (Å²) >= 11 is 0. The number of fused-ring (bicyclic) bond motifs is 2. The van der Waals surface area contributed by atoms with Crippen molar-refractivity contribution in [1.29, 1.82) is 0 Å². The fourth-order valence-electron chi connectivity index (χ4n) is 4.86. The lowest BCUT2D eigenvalue weighted by molar-refractivity contribution is -0.116. The summed E-state index contributed by atoms with van der Waals surface area (Å²) in [6.45, 7) is 6.83. The van der Waals surface area contributed by atoms with Crippen LogP contribution in [-0.4, -0.2) is 35.6 Å². The molecule has 0 spiro atoms. The molecule has 9 heteroatoms. The molecular weight excluding hydrogens is 466 g/mol. The van der Waals surface area contributed by atoms with Gasteiger partial charge in [-0.25, -0.2) is 15.0 Å². The van der Waals surface area contributed by atoms with E-state index in [9.17, 15) is 4.79 Å². The molecule has 9 nitrogen and oxygen atoms in total. The molecule has 37 heavy (non-hydrogen) atoms. The Hall–Kier alpha value is -4.53. The minimum absolute atomic E-state index is 0.0706. The average Bonchev–Trinajstić information content (AvgIpc) is 3.52. The maximum absolute atomic E-state index is 12.8. The summed E-state index contributed by atoms with van der Waals surface area (Å²) in [4.78, 5) is 28.7. The first-order valence-electron chi connectivity index (χ1n) is 12.3. The van der Waals surface area contributed by atoms with Crippen molar-refractivity contribution in [3.8, 4) is 11.6 Å². The zero-order valence-corrected chi connectivity index (χ0v) is 20.9. The van der Waals surface area contributed by atoms with Gasteiger partial charge >= 0.3 is 0 Å². The van der Waals surface area contributed by atoms with E-state index in [0.29, 0.717) is 41.7 Å². The Morgan fingerprint density at radius 2 is 1.84 bits per heavy atom. The molecule has 1 atom stereocenters. The van der Waals surface area contributed by atoms with Gasteiger partial charge in [-0.1, -0.05) is 50.2 Å². The van der Waals surface area contributed by atoms with Crippen molar-refractivity contribution in [3.63, 3.8) is 0 Å². The number of imidazole rings is 1. The third kappa shape index (κ3) is 4.22. The highest BCUT2D eigenvalue weighted by molar-refractivity contribution is 5.95. The molecule has 3 aromatic heterocycles. The molecular formula is C28H27N7O2. The fourth-order valence-corrected chi connectivity index (χ4v) is 4.86. The summed E-state index contributed by atoms with van der Waals surface area (Å²) in [6.07, 6.45) is 3.35. The van der Waals surface area contributed by atoms with Gasteiger partial charge in [0.25, 0.3) is 0 Å². The standard InChI is InChI=1S/C28H27N7O2/c1-16(2)19-6-4-18(5-7-19)13-37-21-10-8-20(9-11-21)22-12-23(36)33-27-24(22)17(3)34-35(27)28-25-26(30-14-29-25)31-15-32-28/h4-11,14-16,22H,12-13H2,1-3H3,(H,33,36)(H,29,30,31,32)/t22-/m1/s1. The molecule has 1 aliphatic rings. The molecule has 1 aliphatic heterocycles. The highest BCUT2D eigenvalue weighted by Crippen LogP contribution is 2.40. The number of aromatic nitrogens is 6. The topological polar surface area (TPSA) is 111 Å². The van der Waals surface area contributed by atoms with Gasteiger partial charge in [0.1, 0.15) is 30.0 Å². The van der Waals surface area contributed by atoms with Crippen molar-refractivity contribution in [2.75, 3.05) is 5.32 Å². The Morgan fingerprint density at radius 1 is 1.05 bits per heavy atom. The van der Waals surface area contributed by atoms with Gasteiger partial charge in [-0.2, -0.15) is 9.78 Å². The van der Waals surface area contributed by atoms with E-state index < -0.39 is 0 Å². The van der Waals surface area contributed by atoms with Gasteiger partial charge in [0.05, 0.1) is 12.0 Å². The number of benzene rings is 2. The van der Waals surface area contributed by atoms with Gasteiger partial charge in [-0.05, 0) is 41.7 Å². The summed E-state index contributed by atoms with van der Waals surface area (Å²) in [5, 5.41) is 7.75. The Morgan fingerprint density at radius 3 is 2.59 bits per heavy atom. The van der Waals surface area contributed by atoms with Crippen LogP contribution in [0.3, 0.4) is 0 Å². The number of hydrogen-bond donors (Lipinski definition) is 2. The van der Waals surface area contributed by atoms with Gasteiger partial charge < -0.3 is 15.0 Å². The number of nitrogens with zero attached hydrogens (tertiary/aromatic N) is 5. The molecule has 6 rings (SSSR count). The number of carbonyl (C=O) groups is 1. The first-order chi connectivity index (χ1) is 18.0. The van der Waals surface area contributed by atoms with Crippen molar-refractivity contribution in [2.24, 2.45) is 0 Å². The maximum atomic E-state index is 12.8. The quantitative estimate of drug-likeness (QED) is 0.344. The van der Waals surface area contributed by atoms with Crippen LogP contribution in [0.2, 0.25) is 0 Å². The number of hydrogen-bond acceptors (Lipinski definition) is 6. The molecule has 4 heterocycles. The van der Waals surface area contributed by atoms with E-state index in [4.69, 9.17) is 9.84 Å². The second-order valence-electron chi connectivity index (χ2n) is 9.62. The van der Waals surface area contributed by atoms with Crippen molar-refractivity contribution in [1.82, 2.24) is 29.7 Å². The van der Waals surface area contributed by atoms with Crippen LogP contribution in [-0.2, 0) is 11.4 Å². The molecule has 5 aromatic rings. The van der Waals surface area contributed by atoms with E-state index in [-0.39, 0.29) is 11.8 Å². The number of amides is 1. The third-order valence-corrected chi connectivity index (χ3v) is 6.84. The highest BCUT2D eigenvalue weighted by atomic mass is 16.5. The van der Waals surface area contributed by atoms with E-state index in [1.165, 1.54) is 11.9 Å². The second-order valence-corrected chi connectivity index (χ2v) is 9.62. The Kier molecular flexibility index (Phi) is 5.67. The predicted octanol–water partition coefficient (Wildman–Crippen LogP) is 5.02. The average molecular weight is 494 g/mol. The monoisotopic (exact) mass is 493 g/mol. The maximum Gasteiger partial charge on any atom is 0.226 e. The number of carbonyl (C=O) groups excluding carboxylic acids is 1. The normalized spacial score (nSPS) is 15.1. The zero-order chi connectivity index (χ0) is 25.5. The molecule has 0 saturated heterocycles. The third-order valence-electron chi connectivity index (χ3n) is 6.84. The molecule has 0 unspecified atom stereocenters. The molecule has 0 saturated carbocycles. The molecule has 2 N–H and O–H groups in total. The highest BCUT2D eigenvalue weighted by Gasteiger charge is 2.33. The lowest BCUT2D eigenvalue weighted by Crippen LogP contribution is -2.25. The van der Waals surface area contributed by atoms with Crippen molar-refractivity contribution >= 4 is 22.9 Å². The molecule has 0 aliphatic carbocycles. The summed E-state index contributed by atoms with van der Waals surface area (Å²) in [7, 11) is 0. The molecule has 0 radical (unpaired) electrons. The number of H-pyrrole nitrogens is 1. The summed E-state index contributed by atoms with van der Waals surface area (Å²) in [5.74, 6) is 2.25. The number of rotatable bonds is 6. The largest absolute Gasteiger partial charge is 0.489 e. The van der Waals surface area contributed by atoms with Crippen LogP contribution in [0.1, 0.15) is 60.1 Å². The fraction of sp³-hybridized carbons (Fsp3) is 0.250. The lowest BCUT2D eigenvalue weighted by atomic mass is 9.86. The molecule has 1 amide bonds. The number of ether oxygens (including phenoxy) is 1. The van der Waals surface area contributed by atoms with E-state index in [0.717, 1.165) is 28.1 Å². The summed E-state index contributed by atoms with van der Waals surface area (Å²) in [6, 6.07) is 16.5. The molecule has 0 bridgehead atoms. The summed E-state index contributed by atoms with van der Waals surface area (Å²) < 4.78 is 7.69.